The van der Waals surface area contributed by atoms with Gasteiger partial charge in [0, 0.05) is 30.1 Å². The second-order valence-corrected chi connectivity index (χ2v) is 8.83. The fourth-order valence-corrected chi connectivity index (χ4v) is 4.43. The van der Waals surface area contributed by atoms with E-state index in [2.05, 4.69) is 28.6 Å². The van der Waals surface area contributed by atoms with Gasteiger partial charge in [0.2, 0.25) is 0 Å². The second kappa shape index (κ2) is 9.13. The van der Waals surface area contributed by atoms with Gasteiger partial charge in [-0.1, -0.05) is 25.6 Å². The van der Waals surface area contributed by atoms with Gasteiger partial charge in [-0.15, -0.1) is 5.10 Å². The number of rotatable bonds is 9. The molecule has 3 rings (SSSR count). The molecule has 28 heavy (non-hydrogen) atoms. The number of ether oxygens (including phenoxy) is 1. The summed E-state index contributed by atoms with van der Waals surface area (Å²) >= 11 is 1.30. The maximum Gasteiger partial charge on any atom is 0.344 e. The van der Waals surface area contributed by atoms with Crippen molar-refractivity contribution in [1.82, 2.24) is 19.3 Å². The largest absolute Gasteiger partial charge is 0.376 e. The van der Waals surface area contributed by atoms with Crippen LogP contribution in [-0.2, 0) is 17.8 Å². The Morgan fingerprint density at radius 2 is 2.18 bits per heavy atom. The topological polar surface area (TPSA) is 81.9 Å². The molecule has 0 aromatic carbocycles. The third-order valence-electron chi connectivity index (χ3n) is 5.27. The van der Waals surface area contributed by atoms with Crippen molar-refractivity contribution in [3.8, 4) is 0 Å². The van der Waals surface area contributed by atoms with E-state index in [0.29, 0.717) is 17.6 Å². The van der Waals surface area contributed by atoms with Crippen LogP contribution in [0, 0.1) is 19.8 Å². The minimum Gasteiger partial charge on any atom is -0.376 e. The maximum atomic E-state index is 12.8. The van der Waals surface area contributed by atoms with Crippen LogP contribution in [-0.4, -0.2) is 43.6 Å². The minimum absolute atomic E-state index is 0.0465. The molecule has 0 saturated carbocycles. The van der Waals surface area contributed by atoms with E-state index in [9.17, 15) is 9.59 Å². The molecule has 0 amide bonds. The normalized spacial score (nSPS) is 17.0. The van der Waals surface area contributed by atoms with Crippen LogP contribution in [0.2, 0.25) is 0 Å². The molecule has 1 saturated heterocycles. The summed E-state index contributed by atoms with van der Waals surface area (Å²) in [6.07, 6.45) is 3.10. The lowest BCUT2D eigenvalue weighted by Crippen LogP contribution is -2.25. The smallest absolute Gasteiger partial charge is 0.344 e. The molecule has 154 valence electrons. The first-order chi connectivity index (χ1) is 13.4. The molecule has 8 heteroatoms. The Hall–Kier alpha value is -1.80. The van der Waals surface area contributed by atoms with Gasteiger partial charge in [-0.25, -0.2) is 9.89 Å². The maximum absolute atomic E-state index is 12.8. The SMILES string of the molecule is Cc1cc(C(=O)CSc2n[nH]c(=O)n2CC2CCCO2)c(C)n1CCC(C)C. The van der Waals surface area contributed by atoms with Gasteiger partial charge < -0.3 is 9.30 Å². The van der Waals surface area contributed by atoms with Gasteiger partial charge in [0.1, 0.15) is 0 Å². The first-order valence-electron chi connectivity index (χ1n) is 9.96. The number of thioether (sulfide) groups is 1. The van der Waals surface area contributed by atoms with Crippen LogP contribution in [0.25, 0.3) is 0 Å². The summed E-state index contributed by atoms with van der Waals surface area (Å²) in [6.45, 7) is 10.6. The number of nitrogens with zero attached hydrogens (tertiary/aromatic N) is 3. The van der Waals surface area contributed by atoms with Crippen molar-refractivity contribution < 1.29 is 9.53 Å². The fourth-order valence-electron chi connectivity index (χ4n) is 3.59. The molecule has 2 aromatic heterocycles. The number of carbonyl (C=O) groups is 1. The number of H-pyrrole nitrogens is 1. The highest BCUT2D eigenvalue weighted by molar-refractivity contribution is 7.99. The lowest BCUT2D eigenvalue weighted by atomic mass is 10.1. The van der Waals surface area contributed by atoms with E-state index < -0.39 is 0 Å². The van der Waals surface area contributed by atoms with E-state index in [0.717, 1.165) is 49.4 Å². The van der Waals surface area contributed by atoms with Crippen LogP contribution in [0.3, 0.4) is 0 Å². The molecule has 0 aliphatic carbocycles. The summed E-state index contributed by atoms with van der Waals surface area (Å²) in [5, 5.41) is 7.13. The van der Waals surface area contributed by atoms with Crippen molar-refractivity contribution in [1.29, 1.82) is 0 Å². The first-order valence-corrected chi connectivity index (χ1v) is 10.9. The van der Waals surface area contributed by atoms with E-state index in [-0.39, 0.29) is 23.3 Å². The lowest BCUT2D eigenvalue weighted by Gasteiger charge is -2.12. The molecule has 0 spiro atoms. The summed E-state index contributed by atoms with van der Waals surface area (Å²) in [4.78, 5) is 24.9. The Bertz CT molecular complexity index is 875. The predicted molar refractivity (Wildman–Crippen MR) is 110 cm³/mol. The highest BCUT2D eigenvalue weighted by Gasteiger charge is 2.21. The van der Waals surface area contributed by atoms with Crippen LogP contribution in [0.1, 0.15) is 54.9 Å². The van der Waals surface area contributed by atoms with Crippen molar-refractivity contribution >= 4 is 17.5 Å². The Labute approximate surface area is 169 Å². The van der Waals surface area contributed by atoms with Gasteiger partial charge in [-0.05, 0) is 45.1 Å². The molecule has 7 nitrogen and oxygen atoms in total. The molecule has 0 radical (unpaired) electrons. The zero-order chi connectivity index (χ0) is 20.3. The third-order valence-corrected chi connectivity index (χ3v) is 6.25. The summed E-state index contributed by atoms with van der Waals surface area (Å²) in [7, 11) is 0. The quantitative estimate of drug-likeness (QED) is 0.511. The number of Topliss-reactive ketones (excluding diaryl/α,β-unsaturated/α-hetero) is 1. The third kappa shape index (κ3) is 4.78. The van der Waals surface area contributed by atoms with Gasteiger partial charge in [-0.3, -0.25) is 9.36 Å². The zero-order valence-electron chi connectivity index (χ0n) is 17.2. The van der Waals surface area contributed by atoms with Gasteiger partial charge in [-0.2, -0.15) is 0 Å². The highest BCUT2D eigenvalue weighted by atomic mass is 32.2. The van der Waals surface area contributed by atoms with E-state index >= 15 is 0 Å². The van der Waals surface area contributed by atoms with Crippen LogP contribution in [0.5, 0.6) is 0 Å². The fraction of sp³-hybridized carbons (Fsp3) is 0.650. The molecule has 1 fully saturated rings. The number of carbonyl (C=O) groups excluding carboxylic acids is 1. The number of aryl methyl sites for hydroxylation is 1. The minimum atomic E-state index is -0.252. The number of ketones is 1. The van der Waals surface area contributed by atoms with Crippen LogP contribution < -0.4 is 5.69 Å². The molecule has 1 N–H and O–H groups in total. The molecule has 1 atom stereocenters. The monoisotopic (exact) mass is 406 g/mol. The summed E-state index contributed by atoms with van der Waals surface area (Å²) in [6, 6.07) is 1.97. The average Bonchev–Trinajstić information content (AvgIpc) is 3.34. The summed E-state index contributed by atoms with van der Waals surface area (Å²) < 4.78 is 9.43. The Kier molecular flexibility index (Phi) is 6.82. The van der Waals surface area contributed by atoms with Crippen molar-refractivity contribution in [2.75, 3.05) is 12.4 Å². The van der Waals surface area contributed by atoms with Crippen LogP contribution in [0.15, 0.2) is 16.0 Å². The molecular formula is C20H30N4O3S. The van der Waals surface area contributed by atoms with Gasteiger partial charge in [0.05, 0.1) is 18.4 Å². The summed E-state index contributed by atoms with van der Waals surface area (Å²) in [5.74, 6) is 0.939. The lowest BCUT2D eigenvalue weighted by molar-refractivity contribution is 0.0941. The number of hydrogen-bond donors (Lipinski definition) is 1. The van der Waals surface area contributed by atoms with Crippen LogP contribution in [0.4, 0.5) is 0 Å². The van der Waals surface area contributed by atoms with Gasteiger partial charge >= 0.3 is 5.69 Å². The van der Waals surface area contributed by atoms with Crippen LogP contribution >= 0.6 is 11.8 Å². The van der Waals surface area contributed by atoms with E-state index in [1.165, 1.54) is 11.8 Å². The zero-order valence-corrected chi connectivity index (χ0v) is 18.0. The molecule has 1 aliphatic heterocycles. The Morgan fingerprint density at radius 3 is 2.86 bits per heavy atom. The second-order valence-electron chi connectivity index (χ2n) is 7.89. The van der Waals surface area contributed by atoms with E-state index in [1.807, 2.05) is 19.9 Å². The Balaban J connectivity index is 1.66. The van der Waals surface area contributed by atoms with E-state index in [4.69, 9.17) is 4.74 Å². The number of aromatic nitrogens is 4. The van der Waals surface area contributed by atoms with Crippen molar-refractivity contribution in [3.63, 3.8) is 0 Å². The van der Waals surface area contributed by atoms with Crippen molar-refractivity contribution in [2.24, 2.45) is 5.92 Å². The number of nitrogens with one attached hydrogen (secondary N) is 1. The predicted octanol–water partition coefficient (Wildman–Crippen LogP) is 3.19. The molecule has 0 bridgehead atoms. The molecule has 1 aliphatic rings. The summed E-state index contributed by atoms with van der Waals surface area (Å²) in [5.41, 5.74) is 2.64. The molecule has 3 heterocycles. The molecular weight excluding hydrogens is 376 g/mol. The standard InChI is InChI=1S/C20H30N4O3S/c1-13(2)7-8-23-14(3)10-17(15(23)4)18(25)12-28-20-22-21-19(26)24(20)11-16-6-5-9-27-16/h10,13,16H,5-9,11-12H2,1-4H3,(H,21,26). The van der Waals surface area contributed by atoms with E-state index in [1.54, 1.807) is 4.57 Å². The van der Waals surface area contributed by atoms with Crippen molar-refractivity contribution in [2.45, 2.75) is 71.3 Å². The molecule has 1 unspecified atom stereocenters. The highest BCUT2D eigenvalue weighted by Crippen LogP contribution is 2.22. The van der Waals surface area contributed by atoms with Gasteiger partial charge in [0.25, 0.3) is 0 Å². The number of aromatic amines is 1. The van der Waals surface area contributed by atoms with Crippen molar-refractivity contribution in [3.05, 3.63) is 33.5 Å². The first kappa shape index (κ1) is 20.9. The Morgan fingerprint density at radius 1 is 1.39 bits per heavy atom. The number of hydrogen-bond acceptors (Lipinski definition) is 5. The average molecular weight is 407 g/mol. The molecule has 2 aromatic rings. The van der Waals surface area contributed by atoms with Gasteiger partial charge in [0.15, 0.2) is 10.9 Å².